The van der Waals surface area contributed by atoms with Gasteiger partial charge in [0, 0.05) is 6.42 Å². The molecule has 2 N–H and O–H groups in total. The van der Waals surface area contributed by atoms with Crippen molar-refractivity contribution in [3.05, 3.63) is 45.6 Å². The Balaban J connectivity index is 1.59. The van der Waals surface area contributed by atoms with Crippen molar-refractivity contribution in [1.82, 2.24) is 0 Å². The quantitative estimate of drug-likeness (QED) is 0.883. The van der Waals surface area contributed by atoms with E-state index in [4.69, 9.17) is 15.2 Å². The molecule has 3 rings (SSSR count). The molecule has 4 nitrogen and oxygen atoms in total. The highest BCUT2D eigenvalue weighted by Gasteiger charge is 2.24. The van der Waals surface area contributed by atoms with Crippen molar-refractivity contribution in [1.29, 1.82) is 0 Å². The minimum Gasteiger partial charge on any atom is -0.486 e. The molecule has 2 heterocycles. The van der Waals surface area contributed by atoms with Crippen molar-refractivity contribution in [2.75, 3.05) is 12.3 Å². The van der Waals surface area contributed by atoms with Crippen LogP contribution in [0.2, 0.25) is 0 Å². The van der Waals surface area contributed by atoms with Gasteiger partial charge in [-0.3, -0.25) is 0 Å². The van der Waals surface area contributed by atoms with Crippen LogP contribution < -0.4 is 10.5 Å². The van der Waals surface area contributed by atoms with Crippen molar-refractivity contribution < 1.29 is 14.3 Å². The third-order valence-electron chi connectivity index (χ3n) is 3.24. The SMILES string of the molecule is Cc1ccc2c(c1)CC(COC(=O)c1sccc1N)O2. The van der Waals surface area contributed by atoms with Gasteiger partial charge in [-0.05, 0) is 30.0 Å². The van der Waals surface area contributed by atoms with Crippen LogP contribution >= 0.6 is 11.3 Å². The minimum atomic E-state index is -0.381. The Hall–Kier alpha value is -2.01. The molecule has 20 heavy (non-hydrogen) atoms. The lowest BCUT2D eigenvalue weighted by Crippen LogP contribution is -2.22. The Morgan fingerprint density at radius 2 is 2.35 bits per heavy atom. The van der Waals surface area contributed by atoms with E-state index in [9.17, 15) is 4.79 Å². The zero-order valence-electron chi connectivity index (χ0n) is 11.1. The molecule has 1 aromatic heterocycles. The fourth-order valence-electron chi connectivity index (χ4n) is 2.26. The molecule has 104 valence electrons. The summed E-state index contributed by atoms with van der Waals surface area (Å²) in [5, 5.41) is 1.77. The molecule has 0 fully saturated rings. The summed E-state index contributed by atoms with van der Waals surface area (Å²) in [7, 11) is 0. The molecule has 0 spiro atoms. The molecule has 1 aromatic carbocycles. The number of hydrogen-bond acceptors (Lipinski definition) is 5. The molecule has 1 aliphatic heterocycles. The van der Waals surface area contributed by atoms with Gasteiger partial charge in [-0.15, -0.1) is 11.3 Å². The molecule has 1 aliphatic rings. The zero-order valence-corrected chi connectivity index (χ0v) is 11.9. The van der Waals surface area contributed by atoms with Crippen molar-refractivity contribution in [3.8, 4) is 5.75 Å². The van der Waals surface area contributed by atoms with Crippen LogP contribution in [0.25, 0.3) is 0 Å². The third kappa shape index (κ3) is 2.49. The number of thiophene rings is 1. The molecular formula is C15H15NO3S. The van der Waals surface area contributed by atoms with Crippen LogP contribution in [0.1, 0.15) is 20.8 Å². The maximum Gasteiger partial charge on any atom is 0.350 e. The van der Waals surface area contributed by atoms with E-state index in [1.807, 2.05) is 19.1 Å². The van der Waals surface area contributed by atoms with E-state index in [0.29, 0.717) is 10.6 Å². The lowest BCUT2D eigenvalue weighted by atomic mass is 10.1. The van der Waals surface area contributed by atoms with Crippen LogP contribution in [0.3, 0.4) is 0 Å². The first-order valence-electron chi connectivity index (χ1n) is 6.40. The highest BCUT2D eigenvalue weighted by atomic mass is 32.1. The number of fused-ring (bicyclic) bond motifs is 1. The van der Waals surface area contributed by atoms with E-state index >= 15 is 0 Å². The van der Waals surface area contributed by atoms with E-state index in [1.165, 1.54) is 22.5 Å². The van der Waals surface area contributed by atoms with E-state index in [2.05, 4.69) is 6.07 Å². The molecular weight excluding hydrogens is 274 g/mol. The normalized spacial score (nSPS) is 16.6. The second-order valence-electron chi connectivity index (χ2n) is 4.86. The number of hydrogen-bond donors (Lipinski definition) is 1. The van der Waals surface area contributed by atoms with Crippen molar-refractivity contribution >= 4 is 23.0 Å². The van der Waals surface area contributed by atoms with Gasteiger partial charge < -0.3 is 15.2 Å². The standard InChI is InChI=1S/C15H15NO3S/c1-9-2-3-13-10(6-9)7-11(19-13)8-18-15(17)14-12(16)4-5-20-14/h2-6,11H,7-8,16H2,1H3. The van der Waals surface area contributed by atoms with Gasteiger partial charge in [-0.1, -0.05) is 17.7 Å². The highest BCUT2D eigenvalue weighted by molar-refractivity contribution is 7.12. The summed E-state index contributed by atoms with van der Waals surface area (Å²) in [5.74, 6) is 0.500. The number of aryl methyl sites for hydroxylation is 1. The smallest absolute Gasteiger partial charge is 0.350 e. The zero-order chi connectivity index (χ0) is 14.1. The van der Waals surface area contributed by atoms with Crippen molar-refractivity contribution in [3.63, 3.8) is 0 Å². The lowest BCUT2D eigenvalue weighted by Gasteiger charge is -2.11. The van der Waals surface area contributed by atoms with Gasteiger partial charge in [0.1, 0.15) is 23.3 Å². The molecule has 5 heteroatoms. The predicted octanol–water partition coefficient (Wildman–Crippen LogP) is 2.80. The first-order valence-corrected chi connectivity index (χ1v) is 7.27. The number of esters is 1. The molecule has 0 bridgehead atoms. The number of ether oxygens (including phenoxy) is 2. The maximum absolute atomic E-state index is 11.9. The molecule has 1 atom stereocenters. The van der Waals surface area contributed by atoms with E-state index in [1.54, 1.807) is 11.4 Å². The molecule has 0 radical (unpaired) electrons. The molecule has 0 amide bonds. The van der Waals surface area contributed by atoms with E-state index in [-0.39, 0.29) is 18.7 Å². The average Bonchev–Trinajstić information content (AvgIpc) is 3.01. The van der Waals surface area contributed by atoms with Crippen molar-refractivity contribution in [2.45, 2.75) is 19.4 Å². The van der Waals surface area contributed by atoms with Gasteiger partial charge in [0.2, 0.25) is 0 Å². The summed E-state index contributed by atoms with van der Waals surface area (Å²) in [6.07, 6.45) is 0.654. The summed E-state index contributed by atoms with van der Waals surface area (Å²) in [6.45, 7) is 2.29. The fraction of sp³-hybridized carbons (Fsp3) is 0.267. The van der Waals surface area contributed by atoms with Crippen molar-refractivity contribution in [2.24, 2.45) is 0 Å². The summed E-state index contributed by atoms with van der Waals surface area (Å²) in [5.41, 5.74) is 8.53. The molecule has 0 aliphatic carbocycles. The lowest BCUT2D eigenvalue weighted by molar-refractivity contribution is 0.0353. The number of carbonyl (C=O) groups is 1. The van der Waals surface area contributed by atoms with Crippen LogP contribution in [0.4, 0.5) is 5.69 Å². The Morgan fingerprint density at radius 1 is 1.50 bits per heavy atom. The Kier molecular flexibility index (Phi) is 3.36. The Labute approximate surface area is 121 Å². The monoisotopic (exact) mass is 289 g/mol. The third-order valence-corrected chi connectivity index (χ3v) is 4.15. The topological polar surface area (TPSA) is 61.5 Å². The van der Waals surface area contributed by atoms with Crippen LogP contribution in [0.15, 0.2) is 29.6 Å². The number of carbonyl (C=O) groups excluding carboxylic acids is 1. The van der Waals surface area contributed by atoms with Gasteiger partial charge in [0.15, 0.2) is 0 Å². The number of nitrogens with two attached hydrogens (primary N) is 1. The minimum absolute atomic E-state index is 0.114. The second-order valence-corrected chi connectivity index (χ2v) is 5.77. The molecule has 2 aromatic rings. The van der Waals surface area contributed by atoms with Gasteiger partial charge in [-0.2, -0.15) is 0 Å². The van der Waals surface area contributed by atoms with Crippen LogP contribution in [-0.2, 0) is 11.2 Å². The van der Waals surface area contributed by atoms with Gasteiger partial charge in [0.05, 0.1) is 5.69 Å². The number of nitrogen functional groups attached to an aromatic ring is 1. The molecule has 0 saturated carbocycles. The van der Waals surface area contributed by atoms with E-state index in [0.717, 1.165) is 12.2 Å². The van der Waals surface area contributed by atoms with E-state index < -0.39 is 0 Å². The number of rotatable bonds is 3. The summed E-state index contributed by atoms with van der Waals surface area (Å²) in [6, 6.07) is 7.78. The molecule has 0 saturated heterocycles. The number of anilines is 1. The summed E-state index contributed by atoms with van der Waals surface area (Å²) in [4.78, 5) is 12.3. The summed E-state index contributed by atoms with van der Waals surface area (Å²) >= 11 is 1.29. The molecule has 1 unspecified atom stereocenters. The second kappa shape index (κ2) is 5.17. The maximum atomic E-state index is 11.9. The number of benzene rings is 1. The Morgan fingerprint density at radius 3 is 3.10 bits per heavy atom. The predicted molar refractivity (Wildman–Crippen MR) is 78.3 cm³/mol. The first-order chi connectivity index (χ1) is 9.63. The van der Waals surface area contributed by atoms with Crippen LogP contribution in [0, 0.1) is 6.92 Å². The van der Waals surface area contributed by atoms with Crippen LogP contribution in [0.5, 0.6) is 5.75 Å². The van der Waals surface area contributed by atoms with Gasteiger partial charge in [0.25, 0.3) is 0 Å². The van der Waals surface area contributed by atoms with Gasteiger partial charge in [-0.25, -0.2) is 4.79 Å². The first kappa shape index (κ1) is 13.0. The highest BCUT2D eigenvalue weighted by Crippen LogP contribution is 2.29. The average molecular weight is 289 g/mol. The Bertz CT molecular complexity index is 650. The largest absolute Gasteiger partial charge is 0.486 e. The summed E-state index contributed by atoms with van der Waals surface area (Å²) < 4.78 is 11.0. The van der Waals surface area contributed by atoms with Crippen LogP contribution in [-0.4, -0.2) is 18.7 Å². The fourth-order valence-corrected chi connectivity index (χ4v) is 2.97. The van der Waals surface area contributed by atoms with Gasteiger partial charge >= 0.3 is 5.97 Å².